The highest BCUT2D eigenvalue weighted by Crippen LogP contribution is 2.44. The van der Waals surface area contributed by atoms with E-state index in [1.165, 1.54) is 26.2 Å². The number of para-hydroxylation sites is 1. The van der Waals surface area contributed by atoms with Gasteiger partial charge in [0, 0.05) is 18.2 Å². The van der Waals surface area contributed by atoms with Gasteiger partial charge in [-0.3, -0.25) is 9.59 Å². The Labute approximate surface area is 194 Å². The molecule has 1 atom stereocenters. The SMILES string of the molecule is COc1ccc(C(O)=C2C(=O)C(=O)N(CCCN(C)C)[C@@H]2c2ccccc2OC)c(OC)c1. The molecule has 1 N–H and O–H groups in total. The Kier molecular flexibility index (Phi) is 7.60. The van der Waals surface area contributed by atoms with Gasteiger partial charge < -0.3 is 29.1 Å². The van der Waals surface area contributed by atoms with E-state index in [4.69, 9.17) is 14.2 Å². The number of hydrogen-bond acceptors (Lipinski definition) is 7. The van der Waals surface area contributed by atoms with Crippen LogP contribution >= 0.6 is 0 Å². The van der Waals surface area contributed by atoms with Crippen molar-refractivity contribution in [3.05, 3.63) is 59.2 Å². The van der Waals surface area contributed by atoms with Crippen LogP contribution in [0.4, 0.5) is 0 Å². The molecule has 0 spiro atoms. The zero-order valence-corrected chi connectivity index (χ0v) is 19.6. The van der Waals surface area contributed by atoms with E-state index in [0.717, 1.165) is 6.54 Å². The summed E-state index contributed by atoms with van der Waals surface area (Å²) in [5, 5.41) is 11.3. The van der Waals surface area contributed by atoms with E-state index in [9.17, 15) is 14.7 Å². The Bertz CT molecular complexity index is 1060. The van der Waals surface area contributed by atoms with Gasteiger partial charge in [0.25, 0.3) is 11.7 Å². The second-order valence-electron chi connectivity index (χ2n) is 7.96. The third kappa shape index (κ3) is 4.80. The van der Waals surface area contributed by atoms with Crippen LogP contribution in [0.2, 0.25) is 0 Å². The highest BCUT2D eigenvalue weighted by Gasteiger charge is 2.47. The molecule has 0 unspecified atom stereocenters. The molecule has 8 heteroatoms. The normalized spacial score (nSPS) is 17.5. The smallest absolute Gasteiger partial charge is 0.295 e. The number of hydrogen-bond donors (Lipinski definition) is 1. The fourth-order valence-corrected chi connectivity index (χ4v) is 4.02. The van der Waals surface area contributed by atoms with Crippen LogP contribution in [0.25, 0.3) is 5.76 Å². The number of Topliss-reactive ketones (excluding diaryl/α,β-unsaturated/α-hetero) is 1. The van der Waals surface area contributed by atoms with Gasteiger partial charge in [0.05, 0.1) is 38.5 Å². The first-order valence-corrected chi connectivity index (χ1v) is 10.6. The van der Waals surface area contributed by atoms with Crippen LogP contribution in [-0.4, -0.2) is 75.1 Å². The quantitative estimate of drug-likeness (QED) is 0.354. The lowest BCUT2D eigenvalue weighted by atomic mass is 9.94. The van der Waals surface area contributed by atoms with Gasteiger partial charge in [-0.25, -0.2) is 0 Å². The van der Waals surface area contributed by atoms with E-state index in [0.29, 0.717) is 41.3 Å². The average Bonchev–Trinajstić information content (AvgIpc) is 3.07. The molecule has 2 aromatic rings. The fourth-order valence-electron chi connectivity index (χ4n) is 4.02. The number of aliphatic hydroxyl groups excluding tert-OH is 1. The van der Waals surface area contributed by atoms with Crippen LogP contribution in [0.15, 0.2) is 48.0 Å². The zero-order chi connectivity index (χ0) is 24.1. The maximum Gasteiger partial charge on any atom is 0.295 e. The Balaban J connectivity index is 2.19. The van der Waals surface area contributed by atoms with Crippen LogP contribution in [0.5, 0.6) is 17.2 Å². The lowest BCUT2D eigenvalue weighted by molar-refractivity contribution is -0.140. The first kappa shape index (κ1) is 24.1. The molecule has 1 fully saturated rings. The van der Waals surface area contributed by atoms with E-state index in [2.05, 4.69) is 0 Å². The average molecular weight is 455 g/mol. The van der Waals surface area contributed by atoms with Crippen LogP contribution in [0, 0.1) is 0 Å². The minimum absolute atomic E-state index is 0.00202. The van der Waals surface area contributed by atoms with Crippen LogP contribution < -0.4 is 14.2 Å². The van der Waals surface area contributed by atoms with Crippen LogP contribution in [-0.2, 0) is 9.59 Å². The molecule has 8 nitrogen and oxygen atoms in total. The second kappa shape index (κ2) is 10.4. The second-order valence-corrected chi connectivity index (χ2v) is 7.96. The zero-order valence-electron chi connectivity index (χ0n) is 19.6. The minimum atomic E-state index is -0.796. The summed E-state index contributed by atoms with van der Waals surface area (Å²) in [6.07, 6.45) is 0.664. The summed E-state index contributed by atoms with van der Waals surface area (Å²) in [5.74, 6) is -0.323. The Hall–Kier alpha value is -3.52. The third-order valence-corrected chi connectivity index (χ3v) is 5.64. The molecule has 0 aromatic heterocycles. The highest BCUT2D eigenvalue weighted by molar-refractivity contribution is 6.46. The predicted molar refractivity (Wildman–Crippen MR) is 125 cm³/mol. The Morgan fingerprint density at radius 2 is 1.70 bits per heavy atom. The molecule has 0 aliphatic carbocycles. The number of carbonyl (C=O) groups excluding carboxylic acids is 2. The van der Waals surface area contributed by atoms with E-state index < -0.39 is 17.7 Å². The maximum absolute atomic E-state index is 13.2. The molecular formula is C25H30N2O6. The molecule has 1 aliphatic heterocycles. The molecule has 0 bridgehead atoms. The Morgan fingerprint density at radius 3 is 2.33 bits per heavy atom. The predicted octanol–water partition coefficient (Wildman–Crippen LogP) is 3.09. The number of ether oxygens (including phenoxy) is 3. The molecule has 3 rings (SSSR count). The first-order valence-electron chi connectivity index (χ1n) is 10.6. The lowest BCUT2D eigenvalue weighted by Gasteiger charge is -2.27. The molecule has 1 saturated heterocycles. The van der Waals surface area contributed by atoms with Gasteiger partial charge in [0.15, 0.2) is 0 Å². The number of nitrogens with zero attached hydrogens (tertiary/aromatic N) is 2. The van der Waals surface area contributed by atoms with E-state index in [-0.39, 0.29) is 11.3 Å². The van der Waals surface area contributed by atoms with Gasteiger partial charge in [-0.15, -0.1) is 0 Å². The largest absolute Gasteiger partial charge is 0.507 e. The van der Waals surface area contributed by atoms with Crippen molar-refractivity contribution in [2.24, 2.45) is 0 Å². The highest BCUT2D eigenvalue weighted by atomic mass is 16.5. The summed E-state index contributed by atoms with van der Waals surface area (Å²) in [4.78, 5) is 29.8. The van der Waals surface area contributed by atoms with Crippen molar-refractivity contribution in [3.63, 3.8) is 0 Å². The number of aliphatic hydroxyl groups is 1. The van der Waals surface area contributed by atoms with Crippen molar-refractivity contribution in [1.82, 2.24) is 9.80 Å². The van der Waals surface area contributed by atoms with Gasteiger partial charge in [-0.2, -0.15) is 0 Å². The molecule has 176 valence electrons. The van der Waals surface area contributed by atoms with Crippen molar-refractivity contribution >= 4 is 17.4 Å². The fraction of sp³-hybridized carbons (Fsp3) is 0.360. The molecule has 1 aliphatic rings. The number of benzene rings is 2. The number of carbonyl (C=O) groups is 2. The van der Waals surface area contributed by atoms with E-state index >= 15 is 0 Å². The van der Waals surface area contributed by atoms with E-state index in [1.807, 2.05) is 31.1 Å². The summed E-state index contributed by atoms with van der Waals surface area (Å²) in [6.45, 7) is 1.09. The minimum Gasteiger partial charge on any atom is -0.507 e. The van der Waals surface area contributed by atoms with Crippen molar-refractivity contribution in [1.29, 1.82) is 0 Å². The summed E-state index contributed by atoms with van der Waals surface area (Å²) in [5.41, 5.74) is 0.917. The molecule has 1 amide bonds. The summed E-state index contributed by atoms with van der Waals surface area (Å²) in [6, 6.07) is 11.3. The topological polar surface area (TPSA) is 88.5 Å². The van der Waals surface area contributed by atoms with Gasteiger partial charge in [0.1, 0.15) is 23.0 Å². The van der Waals surface area contributed by atoms with Crippen molar-refractivity contribution in [2.45, 2.75) is 12.5 Å². The van der Waals surface area contributed by atoms with Crippen molar-refractivity contribution < 1.29 is 28.9 Å². The summed E-state index contributed by atoms with van der Waals surface area (Å²) in [7, 11) is 8.41. The molecule has 2 aromatic carbocycles. The van der Waals surface area contributed by atoms with Crippen LogP contribution in [0.3, 0.4) is 0 Å². The molecule has 0 radical (unpaired) electrons. The number of amides is 1. The van der Waals surface area contributed by atoms with E-state index in [1.54, 1.807) is 30.3 Å². The van der Waals surface area contributed by atoms with Gasteiger partial charge in [-0.1, -0.05) is 18.2 Å². The monoisotopic (exact) mass is 454 g/mol. The lowest BCUT2D eigenvalue weighted by Crippen LogP contribution is -2.32. The number of ketones is 1. The number of likely N-dealkylation sites (tertiary alicyclic amines) is 1. The van der Waals surface area contributed by atoms with Gasteiger partial charge in [-0.05, 0) is 45.3 Å². The molecule has 0 saturated carbocycles. The summed E-state index contributed by atoms with van der Waals surface area (Å²) < 4.78 is 16.2. The van der Waals surface area contributed by atoms with Crippen LogP contribution in [0.1, 0.15) is 23.6 Å². The third-order valence-electron chi connectivity index (χ3n) is 5.64. The number of rotatable bonds is 9. The molecule has 1 heterocycles. The Morgan fingerprint density at radius 1 is 1.00 bits per heavy atom. The van der Waals surface area contributed by atoms with Gasteiger partial charge >= 0.3 is 0 Å². The first-order chi connectivity index (χ1) is 15.8. The van der Waals surface area contributed by atoms with Gasteiger partial charge in [0.2, 0.25) is 0 Å². The molecule has 33 heavy (non-hydrogen) atoms. The maximum atomic E-state index is 13.2. The number of methoxy groups -OCH3 is 3. The van der Waals surface area contributed by atoms with Crippen molar-refractivity contribution in [2.75, 3.05) is 48.5 Å². The summed E-state index contributed by atoms with van der Waals surface area (Å²) >= 11 is 0. The van der Waals surface area contributed by atoms with Crippen molar-refractivity contribution in [3.8, 4) is 17.2 Å². The standard InChI is InChI=1S/C25H30N2O6/c1-26(2)13-8-14-27-22(17-9-6-7-10-19(17)32-4)21(24(29)25(27)30)23(28)18-12-11-16(31-3)15-20(18)33-5/h6-7,9-12,15,22,28H,8,13-14H2,1-5H3/t22-/m1/s1. The molecular weight excluding hydrogens is 424 g/mol.